The summed E-state index contributed by atoms with van der Waals surface area (Å²) in [6.07, 6.45) is 4.38. The fourth-order valence-corrected chi connectivity index (χ4v) is 4.76. The Morgan fingerprint density at radius 1 is 1.48 bits per heavy atom. The molecule has 3 N–H and O–H groups in total. The predicted octanol–water partition coefficient (Wildman–Crippen LogP) is 2.01. The van der Waals surface area contributed by atoms with Crippen LogP contribution in [-0.4, -0.2) is 33.1 Å². The molecular formula is C14H22N2O3S2. The second kappa shape index (κ2) is 6.89. The molecule has 0 radical (unpaired) electrons. The number of rotatable bonds is 6. The van der Waals surface area contributed by atoms with Gasteiger partial charge in [-0.05, 0) is 43.2 Å². The highest BCUT2D eigenvalue weighted by Crippen LogP contribution is 2.34. The van der Waals surface area contributed by atoms with Crippen LogP contribution in [0.1, 0.15) is 25.3 Å². The summed E-state index contributed by atoms with van der Waals surface area (Å²) in [5, 5.41) is 0. The molecule has 7 heteroatoms. The lowest BCUT2D eigenvalue weighted by Crippen LogP contribution is -2.36. The van der Waals surface area contributed by atoms with Gasteiger partial charge in [0.05, 0.1) is 6.61 Å². The number of nitrogens with two attached hydrogens (primary N) is 1. The Kier molecular flexibility index (Phi) is 5.40. The van der Waals surface area contributed by atoms with Crippen LogP contribution >= 0.6 is 11.8 Å². The molecule has 1 unspecified atom stereocenters. The predicted molar refractivity (Wildman–Crippen MR) is 87.5 cm³/mol. The van der Waals surface area contributed by atoms with Crippen molar-refractivity contribution in [1.82, 2.24) is 4.72 Å². The quantitative estimate of drug-likeness (QED) is 0.780. The van der Waals surface area contributed by atoms with Crippen LogP contribution in [0.15, 0.2) is 17.0 Å². The molecule has 2 rings (SSSR count). The number of aryl methyl sites for hydroxylation is 1. The van der Waals surface area contributed by atoms with Gasteiger partial charge in [-0.25, -0.2) is 13.1 Å². The molecule has 0 saturated carbocycles. The summed E-state index contributed by atoms with van der Waals surface area (Å²) < 4.78 is 33.6. The molecule has 0 bridgehead atoms. The van der Waals surface area contributed by atoms with Gasteiger partial charge in [-0.2, -0.15) is 11.8 Å². The van der Waals surface area contributed by atoms with E-state index in [-0.39, 0.29) is 10.9 Å². The van der Waals surface area contributed by atoms with Crippen LogP contribution in [0.3, 0.4) is 0 Å². The molecule has 1 aliphatic rings. The molecule has 1 atom stereocenters. The van der Waals surface area contributed by atoms with Crippen molar-refractivity contribution in [2.75, 3.05) is 24.3 Å². The first kappa shape index (κ1) is 16.5. The van der Waals surface area contributed by atoms with E-state index in [1.54, 1.807) is 17.8 Å². The summed E-state index contributed by atoms with van der Waals surface area (Å²) in [6.45, 7) is 2.51. The van der Waals surface area contributed by atoms with E-state index in [2.05, 4.69) is 4.72 Å². The van der Waals surface area contributed by atoms with Gasteiger partial charge < -0.3 is 10.5 Å². The Hall–Kier alpha value is -0.920. The molecule has 1 aromatic rings. The molecule has 0 aliphatic carbocycles. The van der Waals surface area contributed by atoms with Crippen LogP contribution in [0.4, 0.5) is 5.69 Å². The third-order valence-corrected chi connectivity index (χ3v) is 5.72. The zero-order chi connectivity index (χ0) is 15.5. The van der Waals surface area contributed by atoms with E-state index in [4.69, 9.17) is 10.5 Å². The van der Waals surface area contributed by atoms with Crippen LogP contribution in [0.5, 0.6) is 5.75 Å². The van der Waals surface area contributed by atoms with E-state index in [0.717, 1.165) is 30.6 Å². The molecule has 0 spiro atoms. The number of anilines is 1. The van der Waals surface area contributed by atoms with Crippen molar-refractivity contribution < 1.29 is 13.2 Å². The molecular weight excluding hydrogens is 308 g/mol. The number of sulfonamides is 1. The average Bonchev–Trinajstić information content (AvgIpc) is 2.45. The summed E-state index contributed by atoms with van der Waals surface area (Å²) in [5.41, 5.74) is 7.18. The van der Waals surface area contributed by atoms with E-state index in [0.29, 0.717) is 18.0 Å². The molecule has 1 heterocycles. The zero-order valence-corrected chi connectivity index (χ0v) is 14.0. The van der Waals surface area contributed by atoms with E-state index in [1.807, 2.05) is 13.2 Å². The molecule has 21 heavy (non-hydrogen) atoms. The fraction of sp³-hybridized carbons (Fsp3) is 0.571. The maximum absolute atomic E-state index is 12.6. The molecule has 0 fully saturated rings. The number of fused-ring (bicyclic) bond motifs is 1. The maximum atomic E-state index is 12.6. The van der Waals surface area contributed by atoms with Crippen LogP contribution in [0.2, 0.25) is 0 Å². The van der Waals surface area contributed by atoms with Crippen molar-refractivity contribution in [2.24, 2.45) is 0 Å². The van der Waals surface area contributed by atoms with Crippen molar-refractivity contribution in [2.45, 2.75) is 37.1 Å². The third kappa shape index (κ3) is 3.84. The van der Waals surface area contributed by atoms with Gasteiger partial charge in [0.1, 0.15) is 10.6 Å². The van der Waals surface area contributed by atoms with Crippen LogP contribution in [0.25, 0.3) is 0 Å². The molecule has 1 aliphatic heterocycles. The van der Waals surface area contributed by atoms with Crippen LogP contribution in [-0.2, 0) is 16.4 Å². The van der Waals surface area contributed by atoms with Gasteiger partial charge in [-0.3, -0.25) is 0 Å². The Morgan fingerprint density at radius 2 is 2.24 bits per heavy atom. The average molecular weight is 330 g/mol. The van der Waals surface area contributed by atoms with Gasteiger partial charge in [0, 0.05) is 17.5 Å². The first-order valence-electron chi connectivity index (χ1n) is 7.04. The molecule has 0 aromatic heterocycles. The first-order chi connectivity index (χ1) is 9.97. The number of benzene rings is 1. The largest absolute Gasteiger partial charge is 0.492 e. The monoisotopic (exact) mass is 330 g/mol. The van der Waals surface area contributed by atoms with Gasteiger partial charge >= 0.3 is 0 Å². The normalized spacial score (nSPS) is 16.1. The van der Waals surface area contributed by atoms with Crippen molar-refractivity contribution in [1.29, 1.82) is 0 Å². The first-order valence-corrected chi connectivity index (χ1v) is 9.92. The molecule has 1 aromatic carbocycles. The second-order valence-electron chi connectivity index (χ2n) is 5.14. The van der Waals surface area contributed by atoms with E-state index in [1.165, 1.54) is 6.07 Å². The van der Waals surface area contributed by atoms with E-state index in [9.17, 15) is 8.42 Å². The summed E-state index contributed by atoms with van der Waals surface area (Å²) >= 11 is 1.62. The Labute approximate surface area is 130 Å². The summed E-state index contributed by atoms with van der Waals surface area (Å²) in [7, 11) is -3.63. The number of hydrogen-bond acceptors (Lipinski definition) is 5. The number of thioether (sulfide) groups is 1. The lowest BCUT2D eigenvalue weighted by atomic mass is 10.1. The standard InChI is InChI=1S/C14H22N2O3S2/c1-3-12(9-20-2)16-21(17,18)13-8-11(15)7-10-5-4-6-19-14(10)13/h7-8,12,16H,3-6,9,15H2,1-2H3. The number of ether oxygens (including phenoxy) is 1. The fourth-order valence-electron chi connectivity index (χ4n) is 2.39. The minimum absolute atomic E-state index is 0.0920. The lowest BCUT2D eigenvalue weighted by Gasteiger charge is -2.22. The highest BCUT2D eigenvalue weighted by molar-refractivity contribution is 7.98. The Balaban J connectivity index is 2.37. The number of hydrogen-bond donors (Lipinski definition) is 2. The summed E-state index contributed by atoms with van der Waals surface area (Å²) in [6, 6.07) is 3.19. The van der Waals surface area contributed by atoms with Crippen molar-refractivity contribution in [3.05, 3.63) is 17.7 Å². The van der Waals surface area contributed by atoms with Gasteiger partial charge in [0.25, 0.3) is 0 Å². The van der Waals surface area contributed by atoms with Gasteiger partial charge in [0.15, 0.2) is 0 Å². The van der Waals surface area contributed by atoms with E-state index >= 15 is 0 Å². The minimum Gasteiger partial charge on any atom is -0.492 e. The minimum atomic E-state index is -3.63. The van der Waals surface area contributed by atoms with Crippen LogP contribution in [0, 0.1) is 0 Å². The van der Waals surface area contributed by atoms with Gasteiger partial charge in [0.2, 0.25) is 10.0 Å². The smallest absolute Gasteiger partial charge is 0.244 e. The topological polar surface area (TPSA) is 81.4 Å². The Morgan fingerprint density at radius 3 is 2.90 bits per heavy atom. The third-order valence-electron chi connectivity index (χ3n) is 3.46. The van der Waals surface area contributed by atoms with E-state index < -0.39 is 10.0 Å². The van der Waals surface area contributed by atoms with Crippen molar-refractivity contribution >= 4 is 27.5 Å². The summed E-state index contributed by atoms with van der Waals surface area (Å²) in [4.78, 5) is 0.164. The van der Waals surface area contributed by atoms with Crippen molar-refractivity contribution in [3.8, 4) is 5.75 Å². The number of nitrogens with one attached hydrogen (secondary N) is 1. The van der Waals surface area contributed by atoms with Crippen LogP contribution < -0.4 is 15.2 Å². The highest BCUT2D eigenvalue weighted by Gasteiger charge is 2.26. The molecule has 0 saturated heterocycles. The Bertz CT molecular complexity index is 602. The number of nitrogen functional groups attached to an aromatic ring is 1. The molecule has 5 nitrogen and oxygen atoms in total. The SMILES string of the molecule is CCC(CSC)NS(=O)(=O)c1cc(N)cc2c1OCCC2. The van der Waals surface area contributed by atoms with Gasteiger partial charge in [-0.15, -0.1) is 0 Å². The maximum Gasteiger partial charge on any atom is 0.244 e. The lowest BCUT2D eigenvalue weighted by molar-refractivity contribution is 0.280. The highest BCUT2D eigenvalue weighted by atomic mass is 32.2. The van der Waals surface area contributed by atoms with Crippen molar-refractivity contribution in [3.63, 3.8) is 0 Å². The zero-order valence-electron chi connectivity index (χ0n) is 12.4. The second-order valence-corrected chi connectivity index (χ2v) is 7.73. The molecule has 118 valence electrons. The van der Waals surface area contributed by atoms with Gasteiger partial charge in [-0.1, -0.05) is 6.92 Å². The molecule has 0 amide bonds. The summed E-state index contributed by atoms with van der Waals surface area (Å²) in [5.74, 6) is 1.20.